The molecule has 7 nitrogen and oxygen atoms in total. The van der Waals surface area contributed by atoms with E-state index in [1.807, 2.05) is 60.7 Å². The van der Waals surface area contributed by atoms with Crippen LogP contribution in [0.3, 0.4) is 0 Å². The monoisotopic (exact) mass is 447 g/mol. The number of carbonyl (C=O) groups excluding carboxylic acids is 1. The Hall–Kier alpha value is -3.52. The Labute approximate surface area is 188 Å². The summed E-state index contributed by atoms with van der Waals surface area (Å²) in [7, 11) is 0. The number of nitrogens with one attached hydrogen (secondary N) is 1. The number of hydrogen-bond acceptors (Lipinski definition) is 7. The van der Waals surface area contributed by atoms with Crippen LogP contribution in [0.1, 0.15) is 25.7 Å². The van der Waals surface area contributed by atoms with Crippen LogP contribution in [-0.4, -0.2) is 22.0 Å². The van der Waals surface area contributed by atoms with E-state index in [1.54, 1.807) is 0 Å². The molecule has 0 saturated heterocycles. The number of aromatic nitrogens is 1. The van der Waals surface area contributed by atoms with Crippen LogP contribution in [0.25, 0.3) is 21.7 Å². The number of anilines is 1. The number of esters is 1. The van der Waals surface area contributed by atoms with Gasteiger partial charge in [0, 0.05) is 11.5 Å². The highest BCUT2D eigenvalue weighted by molar-refractivity contribution is 7.19. The van der Waals surface area contributed by atoms with E-state index in [-0.39, 0.29) is 12.0 Å². The summed E-state index contributed by atoms with van der Waals surface area (Å²) in [4.78, 5) is 29.3. The lowest BCUT2D eigenvalue weighted by atomic mass is 9.82. The number of nitrogens with zero attached hydrogens (tertiary/aromatic N) is 2. The lowest BCUT2D eigenvalue weighted by Gasteiger charge is -2.35. The maximum atomic E-state index is 12.4. The van der Waals surface area contributed by atoms with Crippen molar-refractivity contribution in [2.45, 2.75) is 31.8 Å². The van der Waals surface area contributed by atoms with Crippen molar-refractivity contribution in [2.75, 3.05) is 5.32 Å². The van der Waals surface area contributed by atoms with Crippen LogP contribution < -0.4 is 5.32 Å². The normalized spacial score (nSPS) is 20.4. The zero-order valence-corrected chi connectivity index (χ0v) is 18.0. The van der Waals surface area contributed by atoms with Gasteiger partial charge in [-0.3, -0.25) is 10.1 Å². The van der Waals surface area contributed by atoms with Gasteiger partial charge in [-0.05, 0) is 24.8 Å². The van der Waals surface area contributed by atoms with Gasteiger partial charge in [-0.2, -0.15) is 0 Å². The summed E-state index contributed by atoms with van der Waals surface area (Å²) in [5.74, 6) is -1.09. The van der Waals surface area contributed by atoms with E-state index in [2.05, 4.69) is 5.32 Å². The quantitative estimate of drug-likeness (QED) is 0.316. The standard InChI is InChI=1S/C24H21N3O4S/c28-23-21(27(29)30)20(17-13-7-8-14-18(17)31-23)26-24-25-19(15-9-3-1-4-10-15)22(32-24)16-11-5-2-6-12-16/h1-6,9-12,17-18H,7-8,13-14H2,(H,25,26)/t17-,18+/m0/s1. The predicted molar refractivity (Wildman–Crippen MR) is 122 cm³/mol. The molecule has 1 aliphatic heterocycles. The Morgan fingerprint density at radius 2 is 1.66 bits per heavy atom. The number of ether oxygens (including phenoxy) is 1. The predicted octanol–water partition coefficient (Wildman–Crippen LogP) is 5.49. The average Bonchev–Trinajstić information content (AvgIpc) is 3.24. The van der Waals surface area contributed by atoms with E-state index in [1.165, 1.54) is 11.3 Å². The van der Waals surface area contributed by atoms with E-state index in [0.29, 0.717) is 10.8 Å². The van der Waals surface area contributed by atoms with E-state index >= 15 is 0 Å². The fourth-order valence-electron chi connectivity index (χ4n) is 4.44. The number of rotatable bonds is 5. The fourth-order valence-corrected chi connectivity index (χ4v) is 5.44. The molecule has 1 fully saturated rings. The molecule has 2 aromatic carbocycles. The first kappa shape index (κ1) is 20.4. The molecule has 3 aromatic rings. The minimum Gasteiger partial charge on any atom is -0.453 e. The molecule has 8 heteroatoms. The fraction of sp³-hybridized carbons (Fsp3) is 0.250. The summed E-state index contributed by atoms with van der Waals surface area (Å²) < 4.78 is 5.40. The van der Waals surface area contributed by atoms with E-state index in [9.17, 15) is 14.9 Å². The molecule has 1 aliphatic carbocycles. The van der Waals surface area contributed by atoms with Crippen molar-refractivity contribution in [3.63, 3.8) is 0 Å². The maximum absolute atomic E-state index is 12.4. The third-order valence-corrected chi connectivity index (χ3v) is 6.93. The number of thiazole rings is 1. The van der Waals surface area contributed by atoms with Crippen LogP contribution in [0.5, 0.6) is 0 Å². The molecule has 1 aromatic heterocycles. The molecule has 0 radical (unpaired) electrons. The van der Waals surface area contributed by atoms with Crippen molar-refractivity contribution in [1.82, 2.24) is 4.98 Å². The van der Waals surface area contributed by atoms with Gasteiger partial charge in [0.05, 0.1) is 15.5 Å². The summed E-state index contributed by atoms with van der Waals surface area (Å²) in [6, 6.07) is 19.7. The van der Waals surface area contributed by atoms with Crippen LogP contribution in [0.2, 0.25) is 0 Å². The molecule has 0 spiro atoms. The molecular weight excluding hydrogens is 426 g/mol. The van der Waals surface area contributed by atoms with Crippen LogP contribution in [0, 0.1) is 16.0 Å². The third-order valence-electron chi connectivity index (χ3n) is 5.91. The third kappa shape index (κ3) is 3.78. The van der Waals surface area contributed by atoms with Crippen molar-refractivity contribution in [2.24, 2.45) is 5.92 Å². The van der Waals surface area contributed by atoms with Crippen LogP contribution in [0.4, 0.5) is 5.13 Å². The van der Waals surface area contributed by atoms with Gasteiger partial charge in [0.15, 0.2) is 5.13 Å². The Morgan fingerprint density at radius 3 is 2.34 bits per heavy atom. The SMILES string of the molecule is O=C1O[C@@H]2CCCC[C@@H]2C(Nc2nc(-c3ccccc3)c(-c3ccccc3)s2)=C1[N+](=O)[O-]. The van der Waals surface area contributed by atoms with Crippen LogP contribution >= 0.6 is 11.3 Å². The second kappa shape index (κ2) is 8.55. The smallest absolute Gasteiger partial charge is 0.412 e. The molecule has 2 atom stereocenters. The van der Waals surface area contributed by atoms with Crippen molar-refractivity contribution in [1.29, 1.82) is 0 Å². The minimum absolute atomic E-state index is 0.217. The van der Waals surface area contributed by atoms with Crippen molar-refractivity contribution in [3.8, 4) is 21.7 Å². The van der Waals surface area contributed by atoms with Crippen molar-refractivity contribution >= 4 is 22.4 Å². The molecule has 0 amide bonds. The van der Waals surface area contributed by atoms with Gasteiger partial charge in [0.25, 0.3) is 0 Å². The van der Waals surface area contributed by atoms with Gasteiger partial charge in [-0.1, -0.05) is 78.4 Å². The zero-order chi connectivity index (χ0) is 22.1. The molecular formula is C24H21N3O4S. The van der Waals surface area contributed by atoms with Crippen LogP contribution in [-0.2, 0) is 9.53 Å². The second-order valence-corrected chi connectivity index (χ2v) is 8.91. The maximum Gasteiger partial charge on any atom is 0.412 e. The highest BCUT2D eigenvalue weighted by atomic mass is 32.1. The lowest BCUT2D eigenvalue weighted by Crippen LogP contribution is -2.41. The Bertz CT molecular complexity index is 1130. The van der Waals surface area contributed by atoms with Gasteiger partial charge in [0.1, 0.15) is 11.8 Å². The van der Waals surface area contributed by atoms with Gasteiger partial charge in [0.2, 0.25) is 0 Å². The van der Waals surface area contributed by atoms with E-state index < -0.39 is 16.6 Å². The Kier molecular flexibility index (Phi) is 5.45. The summed E-state index contributed by atoms with van der Waals surface area (Å²) in [6.07, 6.45) is 3.01. The molecule has 2 heterocycles. The average molecular weight is 448 g/mol. The molecule has 1 saturated carbocycles. The second-order valence-electron chi connectivity index (χ2n) is 7.91. The summed E-state index contributed by atoms with van der Waals surface area (Å²) in [5.41, 5.74) is 2.58. The van der Waals surface area contributed by atoms with Crippen molar-refractivity contribution < 1.29 is 14.5 Å². The molecule has 1 N–H and O–H groups in total. The van der Waals surface area contributed by atoms with E-state index in [0.717, 1.165) is 47.4 Å². The zero-order valence-electron chi connectivity index (χ0n) is 17.2. The van der Waals surface area contributed by atoms with Crippen molar-refractivity contribution in [3.05, 3.63) is 82.2 Å². The molecule has 32 heavy (non-hydrogen) atoms. The number of fused-ring (bicyclic) bond motifs is 1. The first-order valence-electron chi connectivity index (χ1n) is 10.6. The van der Waals surface area contributed by atoms with Crippen LogP contribution in [0.15, 0.2) is 72.1 Å². The number of benzene rings is 2. The first-order chi connectivity index (χ1) is 15.6. The topological polar surface area (TPSA) is 94.4 Å². The highest BCUT2D eigenvalue weighted by Gasteiger charge is 2.45. The van der Waals surface area contributed by atoms with Gasteiger partial charge >= 0.3 is 11.7 Å². The number of carbonyl (C=O) groups is 1. The largest absolute Gasteiger partial charge is 0.453 e. The molecule has 0 bridgehead atoms. The number of nitro groups is 1. The Balaban J connectivity index is 1.60. The molecule has 162 valence electrons. The Morgan fingerprint density at radius 1 is 1.00 bits per heavy atom. The molecule has 5 rings (SSSR count). The summed E-state index contributed by atoms with van der Waals surface area (Å²) >= 11 is 1.42. The first-order valence-corrected chi connectivity index (χ1v) is 11.4. The van der Waals surface area contributed by atoms with E-state index in [4.69, 9.17) is 9.72 Å². The molecule has 2 aliphatic rings. The highest BCUT2D eigenvalue weighted by Crippen LogP contribution is 2.42. The number of hydrogen-bond donors (Lipinski definition) is 1. The summed E-state index contributed by atoms with van der Waals surface area (Å²) in [6.45, 7) is 0. The minimum atomic E-state index is -0.872. The van der Waals surface area contributed by atoms with Gasteiger partial charge < -0.3 is 10.1 Å². The van der Waals surface area contributed by atoms with Gasteiger partial charge in [-0.15, -0.1) is 0 Å². The van der Waals surface area contributed by atoms with Gasteiger partial charge in [-0.25, -0.2) is 9.78 Å². The lowest BCUT2D eigenvalue weighted by molar-refractivity contribution is -0.424. The molecule has 0 unspecified atom stereocenters. The summed E-state index contributed by atoms with van der Waals surface area (Å²) in [5, 5.41) is 15.5.